The Morgan fingerprint density at radius 3 is 2.84 bits per heavy atom. The first-order valence-electron chi connectivity index (χ1n) is 6.64. The number of H-pyrrole nitrogens is 1. The molecule has 2 rings (SSSR count). The summed E-state index contributed by atoms with van der Waals surface area (Å²) in [5, 5.41) is 19.8. The minimum atomic E-state index is -0.856. The van der Waals surface area contributed by atoms with Crippen LogP contribution in [0, 0.1) is 0 Å². The molecule has 1 aliphatic heterocycles. The molecule has 0 saturated carbocycles. The van der Waals surface area contributed by atoms with Gasteiger partial charge >= 0.3 is 0 Å². The average molecular weight is 267 g/mol. The average Bonchev–Trinajstić information content (AvgIpc) is 2.87. The van der Waals surface area contributed by atoms with E-state index in [9.17, 15) is 9.90 Å². The van der Waals surface area contributed by atoms with Gasteiger partial charge < -0.3 is 15.2 Å². The van der Waals surface area contributed by atoms with E-state index in [1.54, 1.807) is 6.07 Å². The van der Waals surface area contributed by atoms with Crippen LogP contribution >= 0.6 is 0 Å². The van der Waals surface area contributed by atoms with E-state index in [-0.39, 0.29) is 12.5 Å². The Morgan fingerprint density at radius 2 is 2.26 bits per heavy atom. The van der Waals surface area contributed by atoms with Gasteiger partial charge in [0.2, 0.25) is 0 Å². The van der Waals surface area contributed by atoms with Gasteiger partial charge in [0.15, 0.2) is 0 Å². The highest BCUT2D eigenvalue weighted by Crippen LogP contribution is 2.19. The monoisotopic (exact) mass is 267 g/mol. The lowest BCUT2D eigenvalue weighted by Gasteiger charge is -2.31. The molecule has 1 saturated heterocycles. The smallest absolute Gasteiger partial charge is 0.271 e. The van der Waals surface area contributed by atoms with Gasteiger partial charge in [-0.05, 0) is 12.0 Å². The molecular formula is C13H21N3O3. The van der Waals surface area contributed by atoms with Crippen molar-refractivity contribution in [2.45, 2.75) is 38.2 Å². The van der Waals surface area contributed by atoms with Crippen molar-refractivity contribution in [2.24, 2.45) is 0 Å². The van der Waals surface area contributed by atoms with Gasteiger partial charge in [-0.2, -0.15) is 5.10 Å². The number of hydrogen-bond acceptors (Lipinski definition) is 4. The van der Waals surface area contributed by atoms with Crippen molar-refractivity contribution >= 4 is 5.91 Å². The van der Waals surface area contributed by atoms with Gasteiger partial charge in [0.05, 0.1) is 5.60 Å². The van der Waals surface area contributed by atoms with Crippen molar-refractivity contribution in [1.29, 1.82) is 0 Å². The third-order valence-corrected chi connectivity index (χ3v) is 3.45. The molecular weight excluding hydrogens is 246 g/mol. The molecule has 6 heteroatoms. The van der Waals surface area contributed by atoms with Crippen molar-refractivity contribution in [3.63, 3.8) is 0 Å². The molecule has 3 N–H and O–H groups in total. The zero-order valence-corrected chi connectivity index (χ0v) is 11.4. The number of carbonyl (C=O) groups is 1. The molecule has 0 atom stereocenters. The Labute approximate surface area is 112 Å². The van der Waals surface area contributed by atoms with Gasteiger partial charge in [0, 0.05) is 38.3 Å². The first kappa shape index (κ1) is 14.0. The van der Waals surface area contributed by atoms with Crippen molar-refractivity contribution in [3.05, 3.63) is 17.5 Å². The zero-order chi connectivity index (χ0) is 13.9. The minimum Gasteiger partial charge on any atom is -0.388 e. The number of aromatic nitrogens is 2. The maximum Gasteiger partial charge on any atom is 0.271 e. The summed E-state index contributed by atoms with van der Waals surface area (Å²) in [6.07, 6.45) is 1.09. The van der Waals surface area contributed by atoms with E-state index in [0.29, 0.717) is 37.7 Å². The van der Waals surface area contributed by atoms with E-state index in [1.165, 1.54) is 0 Å². The Balaban J connectivity index is 1.89. The fourth-order valence-electron chi connectivity index (χ4n) is 2.01. The van der Waals surface area contributed by atoms with Crippen LogP contribution in [0.25, 0.3) is 0 Å². The molecule has 0 spiro atoms. The maximum absolute atomic E-state index is 11.9. The van der Waals surface area contributed by atoms with Crippen molar-refractivity contribution in [2.75, 3.05) is 19.8 Å². The molecule has 1 amide bonds. The molecule has 1 aliphatic rings. The lowest BCUT2D eigenvalue weighted by atomic mass is 9.94. The molecule has 0 bridgehead atoms. The first-order chi connectivity index (χ1) is 9.00. The van der Waals surface area contributed by atoms with E-state index >= 15 is 0 Å². The largest absolute Gasteiger partial charge is 0.388 e. The van der Waals surface area contributed by atoms with Gasteiger partial charge in [-0.1, -0.05) is 13.8 Å². The van der Waals surface area contributed by atoms with Crippen LogP contribution in [-0.4, -0.2) is 46.6 Å². The number of rotatable bonds is 4. The molecule has 0 aromatic carbocycles. The predicted molar refractivity (Wildman–Crippen MR) is 70.0 cm³/mol. The minimum absolute atomic E-state index is 0.235. The second kappa shape index (κ2) is 5.71. The normalized spacial score (nSPS) is 18.5. The standard InChI is InChI=1S/C13H21N3O3/c1-9(2)10-7-11(16-15-10)12(17)14-8-13(18)3-5-19-6-4-13/h7,9,18H,3-6,8H2,1-2H3,(H,14,17)(H,15,16). The second-order valence-electron chi connectivity index (χ2n) is 5.38. The highest BCUT2D eigenvalue weighted by molar-refractivity contribution is 5.92. The quantitative estimate of drug-likeness (QED) is 0.753. The lowest BCUT2D eigenvalue weighted by molar-refractivity contribution is -0.0605. The number of aromatic amines is 1. The van der Waals surface area contributed by atoms with Crippen molar-refractivity contribution < 1.29 is 14.6 Å². The van der Waals surface area contributed by atoms with Crippen LogP contribution in [0.15, 0.2) is 6.07 Å². The number of ether oxygens (including phenoxy) is 1. The van der Waals surface area contributed by atoms with Crippen LogP contribution in [0.4, 0.5) is 0 Å². The third kappa shape index (κ3) is 3.54. The summed E-state index contributed by atoms with van der Waals surface area (Å²) in [4.78, 5) is 11.9. The van der Waals surface area contributed by atoms with Crippen LogP contribution in [0.2, 0.25) is 0 Å². The van der Waals surface area contributed by atoms with E-state index in [0.717, 1.165) is 5.69 Å². The number of nitrogens with one attached hydrogen (secondary N) is 2. The fraction of sp³-hybridized carbons (Fsp3) is 0.692. The van der Waals surface area contributed by atoms with Crippen LogP contribution in [0.1, 0.15) is 48.8 Å². The summed E-state index contributed by atoms with van der Waals surface area (Å²) < 4.78 is 5.20. The van der Waals surface area contributed by atoms with Crippen LogP contribution in [0.3, 0.4) is 0 Å². The second-order valence-corrected chi connectivity index (χ2v) is 5.38. The van der Waals surface area contributed by atoms with Gasteiger partial charge in [-0.25, -0.2) is 0 Å². The molecule has 1 fully saturated rings. The number of nitrogens with zero attached hydrogens (tertiary/aromatic N) is 1. The Kier molecular flexibility index (Phi) is 4.21. The molecule has 6 nitrogen and oxygen atoms in total. The molecule has 0 aliphatic carbocycles. The van der Waals surface area contributed by atoms with Gasteiger partial charge in [0.25, 0.3) is 5.91 Å². The number of hydrogen-bond donors (Lipinski definition) is 3. The molecule has 19 heavy (non-hydrogen) atoms. The topological polar surface area (TPSA) is 87.2 Å². The third-order valence-electron chi connectivity index (χ3n) is 3.45. The van der Waals surface area contributed by atoms with E-state index in [4.69, 9.17) is 4.74 Å². The summed E-state index contributed by atoms with van der Waals surface area (Å²) in [6.45, 7) is 5.36. The zero-order valence-electron chi connectivity index (χ0n) is 11.4. The fourth-order valence-corrected chi connectivity index (χ4v) is 2.01. The van der Waals surface area contributed by atoms with E-state index in [2.05, 4.69) is 15.5 Å². The van der Waals surface area contributed by atoms with Gasteiger partial charge in [-0.3, -0.25) is 9.89 Å². The van der Waals surface area contributed by atoms with Crippen LogP contribution in [-0.2, 0) is 4.74 Å². The van der Waals surface area contributed by atoms with Gasteiger partial charge in [-0.15, -0.1) is 0 Å². The van der Waals surface area contributed by atoms with Crippen molar-refractivity contribution in [3.8, 4) is 0 Å². The molecule has 106 valence electrons. The van der Waals surface area contributed by atoms with E-state index < -0.39 is 5.60 Å². The summed E-state index contributed by atoms with van der Waals surface area (Å²) in [5.41, 5.74) is 0.430. The summed E-state index contributed by atoms with van der Waals surface area (Å²) in [5.74, 6) is 0.0387. The van der Waals surface area contributed by atoms with Crippen LogP contribution < -0.4 is 5.32 Å². The SMILES string of the molecule is CC(C)c1cc(C(=O)NCC2(O)CCOCC2)n[nH]1. The first-order valence-corrected chi connectivity index (χ1v) is 6.64. The Morgan fingerprint density at radius 1 is 1.58 bits per heavy atom. The summed E-state index contributed by atoms with van der Waals surface area (Å²) >= 11 is 0. The Bertz CT molecular complexity index is 436. The Hall–Kier alpha value is -1.40. The molecule has 0 radical (unpaired) electrons. The van der Waals surface area contributed by atoms with Crippen LogP contribution in [0.5, 0.6) is 0 Å². The predicted octanol–water partition coefficient (Wildman–Crippen LogP) is 0.804. The van der Waals surface area contributed by atoms with E-state index in [1.807, 2.05) is 13.8 Å². The maximum atomic E-state index is 11.9. The highest BCUT2D eigenvalue weighted by atomic mass is 16.5. The number of amides is 1. The van der Waals surface area contributed by atoms with Gasteiger partial charge in [0.1, 0.15) is 5.69 Å². The number of carbonyl (C=O) groups excluding carboxylic acids is 1. The molecule has 1 aromatic heterocycles. The summed E-state index contributed by atoms with van der Waals surface area (Å²) in [7, 11) is 0. The summed E-state index contributed by atoms with van der Waals surface area (Å²) in [6, 6.07) is 1.74. The molecule has 1 aromatic rings. The molecule has 2 heterocycles. The molecule has 0 unspecified atom stereocenters. The lowest BCUT2D eigenvalue weighted by Crippen LogP contribution is -2.46. The number of aliphatic hydroxyl groups is 1. The highest BCUT2D eigenvalue weighted by Gasteiger charge is 2.30. The van der Waals surface area contributed by atoms with Crippen molar-refractivity contribution in [1.82, 2.24) is 15.5 Å².